The van der Waals surface area contributed by atoms with Gasteiger partial charge in [-0.15, -0.1) is 23.5 Å². The minimum Gasteiger partial charge on any atom is -0.452 e. The number of rotatable bonds is 6. The lowest BCUT2D eigenvalue weighted by Gasteiger charge is -2.09. The lowest BCUT2D eigenvalue weighted by molar-refractivity contribution is -0.124. The van der Waals surface area contributed by atoms with Crippen LogP contribution in [0.15, 0.2) is 24.3 Å². The standard InChI is InChI=1S/C15H19NO3S2/c1-2-7-16-13(17)10-19-14(18)11-3-5-12(6-4-11)15-20-8-9-21-15/h3-6,15H,2,7-10H2,1H3,(H,16,17). The molecule has 0 radical (unpaired) electrons. The Kier molecular flexibility index (Phi) is 6.45. The molecule has 4 nitrogen and oxygen atoms in total. The van der Waals surface area contributed by atoms with Crippen LogP contribution in [0.4, 0.5) is 0 Å². The van der Waals surface area contributed by atoms with Gasteiger partial charge in [-0.3, -0.25) is 4.79 Å². The third-order valence-electron chi connectivity index (χ3n) is 2.95. The zero-order chi connectivity index (χ0) is 15.1. The fourth-order valence-corrected chi connectivity index (χ4v) is 4.72. The fourth-order valence-electron chi connectivity index (χ4n) is 1.86. The number of ether oxygens (including phenoxy) is 1. The first kappa shape index (κ1) is 16.2. The van der Waals surface area contributed by atoms with Gasteiger partial charge < -0.3 is 10.1 Å². The average Bonchev–Trinajstić information content (AvgIpc) is 3.05. The van der Waals surface area contributed by atoms with Crippen molar-refractivity contribution in [3.8, 4) is 0 Å². The Bertz CT molecular complexity index is 484. The SMILES string of the molecule is CCCNC(=O)COC(=O)c1ccc(C2SCCS2)cc1. The van der Waals surface area contributed by atoms with Crippen LogP contribution in [-0.2, 0) is 9.53 Å². The summed E-state index contributed by atoms with van der Waals surface area (Å²) in [5.41, 5.74) is 1.70. The minimum absolute atomic E-state index is 0.227. The van der Waals surface area contributed by atoms with Crippen LogP contribution in [0.1, 0.15) is 33.8 Å². The highest BCUT2D eigenvalue weighted by Gasteiger charge is 2.18. The molecule has 0 aromatic heterocycles. The van der Waals surface area contributed by atoms with Gasteiger partial charge in [-0.25, -0.2) is 4.79 Å². The van der Waals surface area contributed by atoms with Crippen molar-refractivity contribution in [2.45, 2.75) is 17.9 Å². The van der Waals surface area contributed by atoms with Gasteiger partial charge in [0, 0.05) is 18.1 Å². The molecule has 1 saturated heterocycles. The van der Waals surface area contributed by atoms with Crippen LogP contribution in [0.25, 0.3) is 0 Å². The van der Waals surface area contributed by atoms with Gasteiger partial charge >= 0.3 is 5.97 Å². The highest BCUT2D eigenvalue weighted by Crippen LogP contribution is 2.45. The molecule has 1 amide bonds. The van der Waals surface area contributed by atoms with E-state index in [-0.39, 0.29) is 12.5 Å². The van der Waals surface area contributed by atoms with E-state index in [2.05, 4.69) is 5.32 Å². The summed E-state index contributed by atoms with van der Waals surface area (Å²) < 4.78 is 5.46. The van der Waals surface area contributed by atoms with Crippen molar-refractivity contribution in [3.63, 3.8) is 0 Å². The Morgan fingerprint density at radius 1 is 1.24 bits per heavy atom. The van der Waals surface area contributed by atoms with Crippen molar-refractivity contribution in [2.24, 2.45) is 0 Å². The van der Waals surface area contributed by atoms with E-state index in [4.69, 9.17) is 4.74 Å². The van der Waals surface area contributed by atoms with E-state index in [0.717, 1.165) is 6.42 Å². The molecular formula is C15H19NO3S2. The van der Waals surface area contributed by atoms with Gasteiger partial charge in [0.25, 0.3) is 5.91 Å². The zero-order valence-corrected chi connectivity index (χ0v) is 13.6. The third-order valence-corrected chi connectivity index (χ3v) is 6.05. The molecule has 0 atom stereocenters. The van der Waals surface area contributed by atoms with E-state index >= 15 is 0 Å². The molecule has 114 valence electrons. The maximum absolute atomic E-state index is 11.8. The number of amides is 1. The molecule has 0 bridgehead atoms. The molecule has 1 N–H and O–H groups in total. The van der Waals surface area contributed by atoms with E-state index < -0.39 is 5.97 Å². The van der Waals surface area contributed by atoms with Crippen molar-refractivity contribution >= 4 is 35.4 Å². The van der Waals surface area contributed by atoms with Crippen molar-refractivity contribution in [1.29, 1.82) is 0 Å². The molecule has 0 saturated carbocycles. The summed E-state index contributed by atoms with van der Waals surface area (Å²) in [6.45, 7) is 2.34. The molecule has 2 rings (SSSR count). The molecule has 1 aromatic carbocycles. The number of thioether (sulfide) groups is 2. The number of nitrogens with one attached hydrogen (secondary N) is 1. The normalized spacial score (nSPS) is 14.9. The van der Waals surface area contributed by atoms with E-state index in [9.17, 15) is 9.59 Å². The topological polar surface area (TPSA) is 55.4 Å². The molecule has 1 heterocycles. The van der Waals surface area contributed by atoms with Gasteiger partial charge in [0.2, 0.25) is 0 Å². The largest absolute Gasteiger partial charge is 0.452 e. The van der Waals surface area contributed by atoms with Crippen LogP contribution in [0.3, 0.4) is 0 Å². The van der Waals surface area contributed by atoms with Crippen LogP contribution in [0.5, 0.6) is 0 Å². The number of hydrogen-bond donors (Lipinski definition) is 1. The summed E-state index contributed by atoms with van der Waals surface area (Å²) >= 11 is 3.85. The van der Waals surface area contributed by atoms with Gasteiger partial charge in [-0.2, -0.15) is 0 Å². The van der Waals surface area contributed by atoms with Crippen molar-refractivity contribution in [1.82, 2.24) is 5.32 Å². The summed E-state index contributed by atoms with van der Waals surface area (Å²) in [5, 5.41) is 2.66. The fraction of sp³-hybridized carbons (Fsp3) is 0.467. The molecular weight excluding hydrogens is 306 g/mol. The highest BCUT2D eigenvalue weighted by atomic mass is 32.2. The molecule has 1 aliphatic rings. The lowest BCUT2D eigenvalue weighted by atomic mass is 10.1. The Balaban J connectivity index is 1.83. The molecule has 21 heavy (non-hydrogen) atoms. The van der Waals surface area contributed by atoms with Crippen LogP contribution < -0.4 is 5.32 Å². The van der Waals surface area contributed by atoms with Gasteiger partial charge in [0.1, 0.15) is 0 Å². The summed E-state index contributed by atoms with van der Waals surface area (Å²) in [4.78, 5) is 23.2. The first-order valence-electron chi connectivity index (χ1n) is 6.97. The number of hydrogen-bond acceptors (Lipinski definition) is 5. The number of carbonyl (C=O) groups excluding carboxylic acids is 2. The van der Waals surface area contributed by atoms with Crippen molar-refractivity contribution < 1.29 is 14.3 Å². The summed E-state index contributed by atoms with van der Waals surface area (Å²) in [7, 11) is 0. The maximum atomic E-state index is 11.8. The second-order valence-corrected chi connectivity index (χ2v) is 7.35. The quantitative estimate of drug-likeness (QED) is 0.815. The smallest absolute Gasteiger partial charge is 0.338 e. The Morgan fingerprint density at radius 2 is 1.90 bits per heavy atom. The van der Waals surface area contributed by atoms with E-state index in [1.54, 1.807) is 12.1 Å². The van der Waals surface area contributed by atoms with Gasteiger partial charge in [-0.1, -0.05) is 19.1 Å². The van der Waals surface area contributed by atoms with E-state index in [1.807, 2.05) is 42.6 Å². The molecule has 1 aromatic rings. The molecule has 1 fully saturated rings. The first-order valence-corrected chi connectivity index (χ1v) is 9.07. The van der Waals surface area contributed by atoms with Gasteiger partial charge in [-0.05, 0) is 24.1 Å². The molecule has 0 spiro atoms. The van der Waals surface area contributed by atoms with E-state index in [1.165, 1.54) is 17.1 Å². The summed E-state index contributed by atoms with van der Waals surface area (Å²) in [5.74, 6) is 1.62. The maximum Gasteiger partial charge on any atom is 0.338 e. The van der Waals surface area contributed by atoms with Crippen LogP contribution in [0, 0.1) is 0 Å². The van der Waals surface area contributed by atoms with Crippen LogP contribution in [-0.4, -0.2) is 36.5 Å². The monoisotopic (exact) mass is 325 g/mol. The van der Waals surface area contributed by atoms with Crippen LogP contribution in [0.2, 0.25) is 0 Å². The van der Waals surface area contributed by atoms with Crippen LogP contribution >= 0.6 is 23.5 Å². The second-order valence-electron chi connectivity index (χ2n) is 4.62. The van der Waals surface area contributed by atoms with Crippen molar-refractivity contribution in [3.05, 3.63) is 35.4 Å². The van der Waals surface area contributed by atoms with E-state index in [0.29, 0.717) is 16.7 Å². The molecule has 0 aliphatic carbocycles. The average molecular weight is 325 g/mol. The highest BCUT2D eigenvalue weighted by molar-refractivity contribution is 8.19. The number of esters is 1. The van der Waals surface area contributed by atoms with Crippen molar-refractivity contribution in [2.75, 3.05) is 24.7 Å². The summed E-state index contributed by atoms with van der Waals surface area (Å²) in [6, 6.07) is 7.45. The molecule has 1 aliphatic heterocycles. The Hall–Kier alpha value is -1.14. The summed E-state index contributed by atoms with van der Waals surface area (Å²) in [6.07, 6.45) is 0.859. The molecule has 0 unspecified atom stereocenters. The zero-order valence-electron chi connectivity index (χ0n) is 12.0. The second kappa shape index (κ2) is 8.34. The van der Waals surface area contributed by atoms with Gasteiger partial charge in [0.15, 0.2) is 6.61 Å². The minimum atomic E-state index is -0.458. The number of benzene rings is 1. The Labute approximate surface area is 133 Å². The first-order chi connectivity index (χ1) is 10.2. The predicted molar refractivity (Wildman–Crippen MR) is 87.7 cm³/mol. The van der Waals surface area contributed by atoms with Gasteiger partial charge in [0.05, 0.1) is 10.1 Å². The Morgan fingerprint density at radius 3 is 2.52 bits per heavy atom. The predicted octanol–water partition coefficient (Wildman–Crippen LogP) is 2.85. The molecule has 6 heteroatoms. The number of carbonyl (C=O) groups is 2. The lowest BCUT2D eigenvalue weighted by Crippen LogP contribution is -2.29. The third kappa shape index (κ3) is 4.97.